The first-order valence-electron chi connectivity index (χ1n) is 6.08. The number of aromatic hydroxyl groups is 2. The predicted octanol–water partition coefficient (Wildman–Crippen LogP) is 2.26. The van der Waals surface area contributed by atoms with E-state index in [0.717, 1.165) is 0 Å². The van der Waals surface area contributed by atoms with Crippen molar-refractivity contribution in [3.8, 4) is 11.5 Å². The Morgan fingerprint density at radius 3 is 2.33 bits per heavy atom. The Bertz CT molecular complexity index is 429. The SMILES string of the molecule is CC(C)C(C)N(C)CC(=O)c1ccc(O)c(O)c1. The number of phenols is 2. The van der Waals surface area contributed by atoms with Gasteiger partial charge in [-0.15, -0.1) is 0 Å². The quantitative estimate of drug-likeness (QED) is 0.622. The van der Waals surface area contributed by atoms with Crippen molar-refractivity contribution in [2.75, 3.05) is 13.6 Å². The Morgan fingerprint density at radius 1 is 1.22 bits per heavy atom. The van der Waals surface area contributed by atoms with Crippen LogP contribution in [-0.4, -0.2) is 40.5 Å². The van der Waals surface area contributed by atoms with Crippen molar-refractivity contribution >= 4 is 5.78 Å². The maximum Gasteiger partial charge on any atom is 0.176 e. The summed E-state index contributed by atoms with van der Waals surface area (Å²) in [6.07, 6.45) is 0. The lowest BCUT2D eigenvalue weighted by Gasteiger charge is -2.27. The van der Waals surface area contributed by atoms with Gasteiger partial charge in [-0.3, -0.25) is 9.69 Å². The van der Waals surface area contributed by atoms with E-state index in [-0.39, 0.29) is 17.3 Å². The first-order chi connectivity index (χ1) is 8.32. The van der Waals surface area contributed by atoms with Gasteiger partial charge in [0.1, 0.15) is 0 Å². The molecule has 4 heteroatoms. The second-order valence-corrected chi connectivity index (χ2v) is 5.03. The molecule has 1 atom stereocenters. The second-order valence-electron chi connectivity index (χ2n) is 5.03. The van der Waals surface area contributed by atoms with E-state index in [1.807, 2.05) is 11.9 Å². The molecule has 100 valence electrons. The summed E-state index contributed by atoms with van der Waals surface area (Å²) >= 11 is 0. The fourth-order valence-corrected chi connectivity index (χ4v) is 1.67. The normalized spacial score (nSPS) is 13.0. The molecule has 4 nitrogen and oxygen atoms in total. The minimum absolute atomic E-state index is 0.0692. The summed E-state index contributed by atoms with van der Waals surface area (Å²) in [7, 11) is 1.91. The van der Waals surface area contributed by atoms with E-state index in [1.54, 1.807) is 0 Å². The van der Waals surface area contributed by atoms with Crippen molar-refractivity contribution in [3.05, 3.63) is 23.8 Å². The molecule has 0 amide bonds. The smallest absolute Gasteiger partial charge is 0.176 e. The fraction of sp³-hybridized carbons (Fsp3) is 0.500. The molecule has 0 saturated heterocycles. The predicted molar refractivity (Wildman–Crippen MR) is 71.0 cm³/mol. The number of carbonyl (C=O) groups is 1. The summed E-state index contributed by atoms with van der Waals surface area (Å²) in [5.74, 6) is -0.0767. The van der Waals surface area contributed by atoms with Crippen LogP contribution < -0.4 is 0 Å². The van der Waals surface area contributed by atoms with Crippen LogP contribution in [0, 0.1) is 5.92 Å². The largest absolute Gasteiger partial charge is 0.504 e. The lowest BCUT2D eigenvalue weighted by atomic mass is 10.0. The number of rotatable bonds is 5. The van der Waals surface area contributed by atoms with Crippen LogP contribution in [0.5, 0.6) is 11.5 Å². The molecule has 0 spiro atoms. The van der Waals surface area contributed by atoms with Crippen LogP contribution in [-0.2, 0) is 0 Å². The number of benzene rings is 1. The van der Waals surface area contributed by atoms with E-state index in [0.29, 0.717) is 24.1 Å². The standard InChI is InChI=1S/C14H21NO3/c1-9(2)10(3)15(4)8-14(18)11-5-6-12(16)13(17)7-11/h5-7,9-10,16-17H,8H2,1-4H3. The maximum absolute atomic E-state index is 12.0. The molecule has 18 heavy (non-hydrogen) atoms. The molecule has 0 aliphatic rings. The number of likely N-dealkylation sites (N-methyl/N-ethyl adjacent to an activating group) is 1. The van der Waals surface area contributed by atoms with Gasteiger partial charge in [-0.1, -0.05) is 13.8 Å². The van der Waals surface area contributed by atoms with Crippen LogP contribution in [0.15, 0.2) is 18.2 Å². The van der Waals surface area contributed by atoms with Gasteiger partial charge in [0.25, 0.3) is 0 Å². The molecule has 0 heterocycles. The first kappa shape index (κ1) is 14.5. The van der Waals surface area contributed by atoms with Crippen LogP contribution in [0.4, 0.5) is 0 Å². The lowest BCUT2D eigenvalue weighted by Crippen LogP contribution is -2.37. The summed E-state index contributed by atoms with van der Waals surface area (Å²) in [6.45, 7) is 6.59. The Hall–Kier alpha value is -1.55. The number of carbonyl (C=O) groups excluding carboxylic acids is 1. The highest BCUT2D eigenvalue weighted by atomic mass is 16.3. The highest BCUT2D eigenvalue weighted by Crippen LogP contribution is 2.25. The molecule has 0 saturated carbocycles. The van der Waals surface area contributed by atoms with Gasteiger partial charge in [-0.2, -0.15) is 0 Å². The minimum atomic E-state index is -0.264. The molecule has 0 aromatic heterocycles. The molecular formula is C14H21NO3. The van der Waals surface area contributed by atoms with Gasteiger partial charge in [0.05, 0.1) is 6.54 Å². The highest BCUT2D eigenvalue weighted by Gasteiger charge is 2.17. The molecule has 0 fully saturated rings. The zero-order valence-electron chi connectivity index (χ0n) is 11.3. The van der Waals surface area contributed by atoms with Crippen molar-refractivity contribution in [2.24, 2.45) is 5.92 Å². The molecule has 0 bridgehead atoms. The summed E-state index contributed by atoms with van der Waals surface area (Å²) in [4.78, 5) is 14.0. The van der Waals surface area contributed by atoms with Gasteiger partial charge in [0, 0.05) is 11.6 Å². The molecule has 0 radical (unpaired) electrons. The zero-order chi connectivity index (χ0) is 13.9. The molecule has 1 aromatic rings. The van der Waals surface area contributed by atoms with Crippen LogP contribution in [0.3, 0.4) is 0 Å². The van der Waals surface area contributed by atoms with E-state index in [2.05, 4.69) is 20.8 Å². The third kappa shape index (κ3) is 3.47. The molecule has 1 aromatic carbocycles. The van der Waals surface area contributed by atoms with E-state index >= 15 is 0 Å². The van der Waals surface area contributed by atoms with Gasteiger partial charge in [0.2, 0.25) is 0 Å². The Morgan fingerprint density at radius 2 is 1.83 bits per heavy atom. The number of ketones is 1. The summed E-state index contributed by atoms with van der Waals surface area (Å²) in [5.41, 5.74) is 0.410. The summed E-state index contributed by atoms with van der Waals surface area (Å²) < 4.78 is 0. The average molecular weight is 251 g/mol. The van der Waals surface area contributed by atoms with E-state index < -0.39 is 0 Å². The van der Waals surface area contributed by atoms with Crippen LogP contribution in [0.1, 0.15) is 31.1 Å². The molecular weight excluding hydrogens is 230 g/mol. The van der Waals surface area contributed by atoms with Crippen molar-refractivity contribution in [1.29, 1.82) is 0 Å². The third-order valence-electron chi connectivity index (χ3n) is 3.35. The summed E-state index contributed by atoms with van der Waals surface area (Å²) in [6, 6.07) is 4.45. The van der Waals surface area contributed by atoms with Gasteiger partial charge in [-0.25, -0.2) is 0 Å². The lowest BCUT2D eigenvalue weighted by molar-refractivity contribution is 0.0906. The Balaban J connectivity index is 2.73. The molecule has 1 rings (SSSR count). The van der Waals surface area contributed by atoms with Crippen molar-refractivity contribution in [1.82, 2.24) is 4.90 Å². The average Bonchev–Trinajstić information content (AvgIpc) is 2.31. The van der Waals surface area contributed by atoms with Gasteiger partial charge < -0.3 is 10.2 Å². The topological polar surface area (TPSA) is 60.8 Å². The Labute approximate surface area is 108 Å². The van der Waals surface area contributed by atoms with Crippen molar-refractivity contribution in [3.63, 3.8) is 0 Å². The molecule has 0 aliphatic carbocycles. The van der Waals surface area contributed by atoms with Crippen LogP contribution in [0.2, 0.25) is 0 Å². The third-order valence-corrected chi connectivity index (χ3v) is 3.35. The van der Waals surface area contributed by atoms with Gasteiger partial charge in [0.15, 0.2) is 17.3 Å². The van der Waals surface area contributed by atoms with Gasteiger partial charge in [-0.05, 0) is 38.1 Å². The van der Waals surface area contributed by atoms with Crippen LogP contribution >= 0.6 is 0 Å². The zero-order valence-corrected chi connectivity index (χ0v) is 11.3. The maximum atomic E-state index is 12.0. The number of hydrogen-bond donors (Lipinski definition) is 2. The number of Topliss-reactive ketones (excluding diaryl/α,β-unsaturated/α-hetero) is 1. The van der Waals surface area contributed by atoms with Crippen molar-refractivity contribution in [2.45, 2.75) is 26.8 Å². The Kier molecular flexibility index (Phi) is 4.73. The van der Waals surface area contributed by atoms with Crippen molar-refractivity contribution < 1.29 is 15.0 Å². The van der Waals surface area contributed by atoms with E-state index in [4.69, 9.17) is 0 Å². The number of nitrogens with zero attached hydrogens (tertiary/aromatic N) is 1. The fourth-order valence-electron chi connectivity index (χ4n) is 1.67. The van der Waals surface area contributed by atoms with Gasteiger partial charge >= 0.3 is 0 Å². The molecule has 0 aliphatic heterocycles. The highest BCUT2D eigenvalue weighted by molar-refractivity contribution is 5.98. The monoisotopic (exact) mass is 251 g/mol. The first-order valence-corrected chi connectivity index (χ1v) is 6.08. The molecule has 1 unspecified atom stereocenters. The number of phenolic OH excluding ortho intramolecular Hbond substituents is 2. The van der Waals surface area contributed by atoms with E-state index in [1.165, 1.54) is 18.2 Å². The van der Waals surface area contributed by atoms with E-state index in [9.17, 15) is 15.0 Å². The van der Waals surface area contributed by atoms with Crippen LogP contribution in [0.25, 0.3) is 0 Å². The number of hydrogen-bond acceptors (Lipinski definition) is 4. The second kappa shape index (κ2) is 5.87. The summed E-state index contributed by atoms with van der Waals surface area (Å²) in [5, 5.41) is 18.6. The molecule has 2 N–H and O–H groups in total. The minimum Gasteiger partial charge on any atom is -0.504 e.